The van der Waals surface area contributed by atoms with Crippen LogP contribution in [0.4, 0.5) is 0 Å². The standard InChI is InChI=1S/C17H22N2O4S/c1-13(12-23-3)18-17(20)11-19(2)24(21,22)16-9-8-14-6-4-5-7-15(14)10-16/h4-10,13H,11-12H2,1-3H3,(H,18,20)/t13-/m1/s1. The molecular weight excluding hydrogens is 328 g/mol. The lowest BCUT2D eigenvalue weighted by atomic mass is 10.1. The van der Waals surface area contributed by atoms with Crippen molar-refractivity contribution in [3.63, 3.8) is 0 Å². The largest absolute Gasteiger partial charge is 0.383 e. The highest BCUT2D eigenvalue weighted by Crippen LogP contribution is 2.21. The minimum Gasteiger partial charge on any atom is -0.383 e. The van der Waals surface area contributed by atoms with Crippen LogP contribution in [0.1, 0.15) is 6.92 Å². The molecule has 0 saturated heterocycles. The highest BCUT2D eigenvalue weighted by Gasteiger charge is 2.23. The molecule has 0 spiro atoms. The van der Waals surface area contributed by atoms with E-state index in [2.05, 4.69) is 5.32 Å². The van der Waals surface area contributed by atoms with Crippen molar-refractivity contribution < 1.29 is 17.9 Å². The molecule has 0 radical (unpaired) electrons. The van der Waals surface area contributed by atoms with Gasteiger partial charge in [-0.1, -0.05) is 30.3 Å². The van der Waals surface area contributed by atoms with E-state index >= 15 is 0 Å². The van der Waals surface area contributed by atoms with Gasteiger partial charge in [-0.15, -0.1) is 0 Å². The molecule has 0 bridgehead atoms. The van der Waals surface area contributed by atoms with Crippen molar-refractivity contribution in [3.8, 4) is 0 Å². The third-order valence-electron chi connectivity index (χ3n) is 3.62. The molecule has 0 aliphatic rings. The molecule has 0 saturated carbocycles. The molecule has 0 aliphatic heterocycles. The fourth-order valence-electron chi connectivity index (χ4n) is 2.41. The van der Waals surface area contributed by atoms with Gasteiger partial charge in [0, 0.05) is 20.2 Å². The number of benzene rings is 2. The van der Waals surface area contributed by atoms with Crippen LogP contribution >= 0.6 is 0 Å². The SMILES string of the molecule is COC[C@@H](C)NC(=O)CN(C)S(=O)(=O)c1ccc2ccccc2c1. The van der Waals surface area contributed by atoms with Gasteiger partial charge in [-0.05, 0) is 29.8 Å². The second-order valence-electron chi connectivity index (χ2n) is 5.69. The van der Waals surface area contributed by atoms with Crippen molar-refractivity contribution in [3.05, 3.63) is 42.5 Å². The molecule has 1 N–H and O–H groups in total. The zero-order valence-electron chi connectivity index (χ0n) is 14.0. The average molecular weight is 350 g/mol. The number of ether oxygens (including phenoxy) is 1. The number of carbonyl (C=O) groups excluding carboxylic acids is 1. The number of methoxy groups -OCH3 is 1. The van der Waals surface area contributed by atoms with Crippen LogP contribution in [-0.4, -0.2) is 52.0 Å². The van der Waals surface area contributed by atoms with E-state index in [1.165, 1.54) is 7.05 Å². The molecule has 24 heavy (non-hydrogen) atoms. The first-order chi connectivity index (χ1) is 11.3. The fraction of sp³-hybridized carbons (Fsp3) is 0.353. The summed E-state index contributed by atoms with van der Waals surface area (Å²) in [6.45, 7) is 1.91. The molecule has 0 aromatic heterocycles. The van der Waals surface area contributed by atoms with E-state index in [0.717, 1.165) is 15.1 Å². The monoisotopic (exact) mass is 350 g/mol. The van der Waals surface area contributed by atoms with Gasteiger partial charge >= 0.3 is 0 Å². The summed E-state index contributed by atoms with van der Waals surface area (Å²) in [4.78, 5) is 12.1. The van der Waals surface area contributed by atoms with E-state index in [1.54, 1.807) is 32.2 Å². The van der Waals surface area contributed by atoms with Gasteiger partial charge in [0.05, 0.1) is 18.0 Å². The number of hydrogen-bond donors (Lipinski definition) is 1. The highest BCUT2D eigenvalue weighted by atomic mass is 32.2. The van der Waals surface area contributed by atoms with Crippen LogP contribution in [-0.2, 0) is 19.6 Å². The van der Waals surface area contributed by atoms with E-state index < -0.39 is 10.0 Å². The van der Waals surface area contributed by atoms with Gasteiger partial charge in [-0.2, -0.15) is 4.31 Å². The number of carbonyl (C=O) groups is 1. The molecule has 2 aromatic rings. The van der Waals surface area contributed by atoms with Gasteiger partial charge in [-0.3, -0.25) is 4.79 Å². The number of sulfonamides is 1. The third-order valence-corrected chi connectivity index (χ3v) is 5.42. The van der Waals surface area contributed by atoms with Crippen molar-refractivity contribution in [2.45, 2.75) is 17.9 Å². The predicted octanol–water partition coefficient (Wildman–Crippen LogP) is 1.61. The van der Waals surface area contributed by atoms with Gasteiger partial charge < -0.3 is 10.1 Å². The van der Waals surface area contributed by atoms with E-state index in [4.69, 9.17) is 4.74 Å². The summed E-state index contributed by atoms with van der Waals surface area (Å²) >= 11 is 0. The van der Waals surface area contributed by atoms with Crippen LogP contribution in [0.15, 0.2) is 47.4 Å². The van der Waals surface area contributed by atoms with E-state index in [0.29, 0.717) is 6.61 Å². The molecule has 130 valence electrons. The van der Waals surface area contributed by atoms with E-state index in [9.17, 15) is 13.2 Å². The van der Waals surface area contributed by atoms with Crippen LogP contribution in [0.25, 0.3) is 10.8 Å². The number of amides is 1. The van der Waals surface area contributed by atoms with Crippen molar-refractivity contribution in [1.29, 1.82) is 0 Å². The van der Waals surface area contributed by atoms with Gasteiger partial charge in [0.15, 0.2) is 0 Å². The Balaban J connectivity index is 2.14. The fourth-order valence-corrected chi connectivity index (χ4v) is 3.57. The molecule has 1 atom stereocenters. The van der Waals surface area contributed by atoms with E-state index in [1.807, 2.05) is 24.3 Å². The zero-order chi connectivity index (χ0) is 17.7. The van der Waals surface area contributed by atoms with Gasteiger partial charge in [0.25, 0.3) is 0 Å². The van der Waals surface area contributed by atoms with E-state index in [-0.39, 0.29) is 23.4 Å². The molecule has 0 heterocycles. The predicted molar refractivity (Wildman–Crippen MR) is 93.2 cm³/mol. The minimum atomic E-state index is -3.73. The lowest BCUT2D eigenvalue weighted by molar-refractivity contribution is -0.122. The molecule has 0 fully saturated rings. The Morgan fingerprint density at radius 1 is 1.21 bits per heavy atom. The van der Waals surface area contributed by atoms with Crippen molar-refractivity contribution >= 4 is 26.7 Å². The van der Waals surface area contributed by atoms with Gasteiger partial charge in [0.2, 0.25) is 15.9 Å². The summed E-state index contributed by atoms with van der Waals surface area (Å²) in [6, 6.07) is 12.3. The van der Waals surface area contributed by atoms with Gasteiger partial charge in [0.1, 0.15) is 0 Å². The Kier molecular flexibility index (Phi) is 5.93. The summed E-state index contributed by atoms with van der Waals surface area (Å²) in [7, 11) is -0.798. The molecule has 0 aliphatic carbocycles. The molecule has 2 aromatic carbocycles. The number of fused-ring (bicyclic) bond motifs is 1. The maximum Gasteiger partial charge on any atom is 0.243 e. The molecule has 7 heteroatoms. The normalized spacial score (nSPS) is 13.2. The highest BCUT2D eigenvalue weighted by molar-refractivity contribution is 7.89. The Labute approximate surface area is 142 Å². The lowest BCUT2D eigenvalue weighted by Gasteiger charge is -2.19. The average Bonchev–Trinajstić information content (AvgIpc) is 2.54. The van der Waals surface area contributed by atoms with Gasteiger partial charge in [-0.25, -0.2) is 8.42 Å². The van der Waals surface area contributed by atoms with Crippen molar-refractivity contribution in [2.75, 3.05) is 27.3 Å². The summed E-state index contributed by atoms with van der Waals surface area (Å²) in [5.41, 5.74) is 0. The Morgan fingerprint density at radius 3 is 2.54 bits per heavy atom. The topological polar surface area (TPSA) is 75.7 Å². The van der Waals surface area contributed by atoms with Crippen LogP contribution in [0.3, 0.4) is 0 Å². The molecular formula is C17H22N2O4S. The zero-order valence-corrected chi connectivity index (χ0v) is 14.8. The lowest BCUT2D eigenvalue weighted by Crippen LogP contribution is -2.43. The Morgan fingerprint density at radius 2 is 1.88 bits per heavy atom. The summed E-state index contributed by atoms with van der Waals surface area (Å²) in [5.74, 6) is -0.369. The van der Waals surface area contributed by atoms with Crippen LogP contribution in [0, 0.1) is 0 Å². The van der Waals surface area contributed by atoms with Crippen LogP contribution in [0.5, 0.6) is 0 Å². The summed E-state index contributed by atoms with van der Waals surface area (Å²) in [5, 5.41) is 4.50. The van der Waals surface area contributed by atoms with Crippen molar-refractivity contribution in [1.82, 2.24) is 9.62 Å². The molecule has 0 unspecified atom stereocenters. The van der Waals surface area contributed by atoms with Crippen LogP contribution in [0.2, 0.25) is 0 Å². The smallest absolute Gasteiger partial charge is 0.243 e. The maximum absolute atomic E-state index is 12.6. The molecule has 2 rings (SSSR count). The maximum atomic E-state index is 12.6. The Hall–Kier alpha value is -1.96. The first-order valence-corrected chi connectivity index (χ1v) is 9.02. The summed E-state index contributed by atoms with van der Waals surface area (Å²) in [6.07, 6.45) is 0. The number of nitrogens with one attached hydrogen (secondary N) is 1. The number of likely N-dealkylation sites (N-methyl/N-ethyl adjacent to an activating group) is 1. The second kappa shape index (κ2) is 7.74. The number of rotatable bonds is 7. The molecule has 1 amide bonds. The number of nitrogens with zero attached hydrogens (tertiary/aromatic N) is 1. The Bertz CT molecular complexity index is 820. The minimum absolute atomic E-state index is 0.168. The quantitative estimate of drug-likeness (QED) is 0.823. The number of hydrogen-bond acceptors (Lipinski definition) is 4. The van der Waals surface area contributed by atoms with Crippen LogP contribution < -0.4 is 5.32 Å². The second-order valence-corrected chi connectivity index (χ2v) is 7.74. The molecule has 6 nitrogen and oxygen atoms in total. The third kappa shape index (κ3) is 4.31. The first-order valence-electron chi connectivity index (χ1n) is 7.58. The summed E-state index contributed by atoms with van der Waals surface area (Å²) < 4.78 is 31.3. The van der Waals surface area contributed by atoms with Crippen molar-refractivity contribution in [2.24, 2.45) is 0 Å². The first kappa shape index (κ1) is 18.4.